The van der Waals surface area contributed by atoms with Crippen molar-refractivity contribution in [1.82, 2.24) is 10.6 Å². The Morgan fingerprint density at radius 2 is 1.38 bits per heavy atom. The van der Waals surface area contributed by atoms with Crippen molar-refractivity contribution in [3.05, 3.63) is 59.7 Å². The van der Waals surface area contributed by atoms with Crippen LogP contribution in [-0.4, -0.2) is 38.6 Å². The van der Waals surface area contributed by atoms with Gasteiger partial charge < -0.3 is 20.1 Å². The van der Waals surface area contributed by atoms with Gasteiger partial charge in [0.05, 0.1) is 27.1 Å². The van der Waals surface area contributed by atoms with E-state index in [-0.39, 0.29) is 30.7 Å². The highest BCUT2D eigenvalue weighted by Gasteiger charge is 2.15. The van der Waals surface area contributed by atoms with Crippen molar-refractivity contribution in [1.29, 1.82) is 0 Å². The number of para-hydroxylation sites is 2. The smallest absolute Gasteiger partial charge is 0.224 e. The second kappa shape index (κ2) is 11.7. The van der Waals surface area contributed by atoms with Crippen LogP contribution >= 0.6 is 0 Å². The monoisotopic (exact) mass is 398 g/mol. The number of benzene rings is 2. The summed E-state index contributed by atoms with van der Waals surface area (Å²) in [6, 6.07) is 14.8. The third-order valence-corrected chi connectivity index (χ3v) is 4.63. The number of hydrogen-bond donors (Lipinski definition) is 2. The number of hydrogen-bond acceptors (Lipinski definition) is 4. The van der Waals surface area contributed by atoms with Gasteiger partial charge in [0.1, 0.15) is 11.5 Å². The van der Waals surface area contributed by atoms with Gasteiger partial charge in [-0.15, -0.1) is 0 Å². The summed E-state index contributed by atoms with van der Waals surface area (Å²) in [4.78, 5) is 24.8. The Balaban J connectivity index is 1.88. The molecule has 6 heteroatoms. The van der Waals surface area contributed by atoms with Crippen molar-refractivity contribution in [2.45, 2.75) is 38.6 Å². The average Bonchev–Trinajstić information content (AvgIpc) is 2.73. The molecule has 29 heavy (non-hydrogen) atoms. The molecule has 1 atom stereocenters. The Bertz CT molecular complexity index is 807. The zero-order valence-corrected chi connectivity index (χ0v) is 17.4. The maximum Gasteiger partial charge on any atom is 0.224 e. The molecule has 156 valence electrons. The molecule has 0 saturated heterocycles. The fraction of sp³-hybridized carbons (Fsp3) is 0.391. The largest absolute Gasteiger partial charge is 0.496 e. The van der Waals surface area contributed by atoms with E-state index in [1.54, 1.807) is 14.2 Å². The van der Waals surface area contributed by atoms with Gasteiger partial charge in [-0.3, -0.25) is 9.59 Å². The minimum atomic E-state index is -0.121. The highest BCUT2D eigenvalue weighted by atomic mass is 16.5. The maximum absolute atomic E-state index is 12.5. The summed E-state index contributed by atoms with van der Waals surface area (Å²) in [6.07, 6.45) is 2.16. The molecule has 2 amide bonds. The number of ether oxygens (including phenoxy) is 2. The third kappa shape index (κ3) is 7.14. The van der Waals surface area contributed by atoms with Crippen LogP contribution in [-0.2, 0) is 22.4 Å². The number of methoxy groups -OCH3 is 2. The van der Waals surface area contributed by atoms with Crippen LogP contribution in [0.2, 0.25) is 0 Å². The molecule has 2 rings (SSSR count). The van der Waals surface area contributed by atoms with Crippen molar-refractivity contribution < 1.29 is 19.1 Å². The van der Waals surface area contributed by atoms with Crippen LogP contribution in [0.5, 0.6) is 11.5 Å². The van der Waals surface area contributed by atoms with E-state index in [0.29, 0.717) is 18.0 Å². The van der Waals surface area contributed by atoms with Crippen LogP contribution in [0.1, 0.15) is 30.9 Å². The molecule has 2 aromatic carbocycles. The van der Waals surface area contributed by atoms with Crippen molar-refractivity contribution in [3.8, 4) is 11.5 Å². The van der Waals surface area contributed by atoms with Gasteiger partial charge in [0, 0.05) is 23.7 Å². The van der Waals surface area contributed by atoms with E-state index in [9.17, 15) is 9.59 Å². The fourth-order valence-corrected chi connectivity index (χ4v) is 3.20. The normalized spacial score (nSPS) is 11.4. The lowest BCUT2D eigenvalue weighted by Crippen LogP contribution is -2.44. The molecule has 0 radical (unpaired) electrons. The first-order valence-electron chi connectivity index (χ1n) is 9.87. The van der Waals surface area contributed by atoms with Gasteiger partial charge in [0.25, 0.3) is 0 Å². The van der Waals surface area contributed by atoms with Gasteiger partial charge in [0.15, 0.2) is 0 Å². The van der Waals surface area contributed by atoms with E-state index >= 15 is 0 Å². The molecule has 0 spiro atoms. The third-order valence-electron chi connectivity index (χ3n) is 4.63. The Labute approximate surface area is 172 Å². The van der Waals surface area contributed by atoms with E-state index < -0.39 is 0 Å². The summed E-state index contributed by atoms with van der Waals surface area (Å²) >= 11 is 0. The lowest BCUT2D eigenvalue weighted by molar-refractivity contribution is -0.123. The summed E-state index contributed by atoms with van der Waals surface area (Å²) < 4.78 is 10.6. The highest BCUT2D eigenvalue weighted by molar-refractivity contribution is 5.80. The molecular formula is C23H30N2O4. The second-order valence-electron chi connectivity index (χ2n) is 6.83. The van der Waals surface area contributed by atoms with Crippen LogP contribution in [0.3, 0.4) is 0 Å². The van der Waals surface area contributed by atoms with Crippen LogP contribution < -0.4 is 20.1 Å². The number of nitrogens with one attached hydrogen (secondary N) is 2. The molecule has 0 saturated carbocycles. The van der Waals surface area contributed by atoms with E-state index in [1.807, 2.05) is 48.5 Å². The van der Waals surface area contributed by atoms with Crippen molar-refractivity contribution in [3.63, 3.8) is 0 Å². The Kier molecular flexibility index (Phi) is 9.02. The van der Waals surface area contributed by atoms with Crippen LogP contribution in [0.25, 0.3) is 0 Å². The minimum absolute atomic E-state index is 0.0908. The van der Waals surface area contributed by atoms with Crippen molar-refractivity contribution >= 4 is 11.8 Å². The minimum Gasteiger partial charge on any atom is -0.496 e. The van der Waals surface area contributed by atoms with Crippen molar-refractivity contribution in [2.24, 2.45) is 0 Å². The maximum atomic E-state index is 12.5. The lowest BCUT2D eigenvalue weighted by atomic mass is 10.1. The van der Waals surface area contributed by atoms with Crippen LogP contribution in [0.15, 0.2) is 48.5 Å². The molecule has 0 aliphatic rings. The molecule has 0 fully saturated rings. The molecule has 0 aliphatic carbocycles. The lowest BCUT2D eigenvalue weighted by Gasteiger charge is -2.19. The van der Waals surface area contributed by atoms with Gasteiger partial charge in [-0.05, 0) is 18.6 Å². The van der Waals surface area contributed by atoms with Crippen molar-refractivity contribution in [2.75, 3.05) is 20.8 Å². The molecule has 0 bridgehead atoms. The summed E-state index contributed by atoms with van der Waals surface area (Å²) in [5.74, 6) is 1.19. The Morgan fingerprint density at radius 1 is 0.862 bits per heavy atom. The standard InChI is InChI=1S/C23H30N2O4/c1-4-9-19(25-23(27)15-18-11-6-8-13-21(18)29-3)16-24-22(26)14-17-10-5-7-12-20(17)28-2/h5-8,10-13,19H,4,9,14-16H2,1-3H3,(H,24,26)(H,25,27). The van der Waals surface area contributed by atoms with E-state index in [2.05, 4.69) is 17.6 Å². The van der Waals surface area contributed by atoms with Gasteiger partial charge in [-0.1, -0.05) is 49.7 Å². The summed E-state index contributed by atoms with van der Waals surface area (Å²) in [6.45, 7) is 2.44. The first-order valence-corrected chi connectivity index (χ1v) is 9.87. The molecule has 1 unspecified atom stereocenters. The number of amides is 2. The predicted molar refractivity (Wildman–Crippen MR) is 113 cm³/mol. The predicted octanol–water partition coefficient (Wildman–Crippen LogP) is 2.89. The number of carbonyl (C=O) groups excluding carboxylic acids is 2. The van der Waals surface area contributed by atoms with E-state index in [1.165, 1.54) is 0 Å². The molecule has 0 aromatic heterocycles. The summed E-state index contributed by atoms with van der Waals surface area (Å²) in [5, 5.41) is 5.95. The van der Waals surface area contributed by atoms with Gasteiger partial charge in [0.2, 0.25) is 11.8 Å². The molecule has 2 N–H and O–H groups in total. The van der Waals surface area contributed by atoms with Crippen LogP contribution in [0, 0.1) is 0 Å². The molecule has 0 aliphatic heterocycles. The fourth-order valence-electron chi connectivity index (χ4n) is 3.20. The number of rotatable bonds is 11. The topological polar surface area (TPSA) is 76.7 Å². The molecule has 6 nitrogen and oxygen atoms in total. The summed E-state index contributed by atoms with van der Waals surface area (Å²) in [5.41, 5.74) is 1.67. The van der Waals surface area contributed by atoms with Gasteiger partial charge in [-0.2, -0.15) is 0 Å². The van der Waals surface area contributed by atoms with Gasteiger partial charge in [-0.25, -0.2) is 0 Å². The summed E-state index contributed by atoms with van der Waals surface area (Å²) in [7, 11) is 3.18. The second-order valence-corrected chi connectivity index (χ2v) is 6.83. The first-order chi connectivity index (χ1) is 14.1. The zero-order valence-electron chi connectivity index (χ0n) is 17.4. The van der Waals surface area contributed by atoms with Gasteiger partial charge >= 0.3 is 0 Å². The first kappa shape index (κ1) is 22.3. The molecular weight excluding hydrogens is 368 g/mol. The molecule has 2 aromatic rings. The number of carbonyl (C=O) groups is 2. The quantitative estimate of drug-likeness (QED) is 0.610. The highest BCUT2D eigenvalue weighted by Crippen LogP contribution is 2.18. The Hall–Kier alpha value is -3.02. The molecule has 0 heterocycles. The van der Waals surface area contributed by atoms with E-state index in [4.69, 9.17) is 9.47 Å². The SMILES string of the molecule is CCCC(CNC(=O)Cc1ccccc1OC)NC(=O)Cc1ccccc1OC. The Morgan fingerprint density at radius 3 is 1.90 bits per heavy atom. The van der Waals surface area contributed by atoms with E-state index in [0.717, 1.165) is 24.0 Å². The zero-order chi connectivity index (χ0) is 21.1. The van der Waals surface area contributed by atoms with Crippen LogP contribution in [0.4, 0.5) is 0 Å². The average molecular weight is 399 g/mol.